The summed E-state index contributed by atoms with van der Waals surface area (Å²) in [5.74, 6) is -0.327. The molecule has 1 aromatic heterocycles. The standard InChI is InChI=1S/C24H32N2O6/c1-3-4-5-6-7-8-21(27)31-17-24(16-25(2)13-14-26(24)23(29)30)19-11-9-18-10-12-22(28)32-20(18)15-19/h9-12,15H,3-8,13-14,16-17H2,1-2H3,(H,29,30). The Morgan fingerprint density at radius 2 is 1.88 bits per heavy atom. The molecule has 1 N–H and O–H groups in total. The highest BCUT2D eigenvalue weighted by atomic mass is 16.5. The highest BCUT2D eigenvalue weighted by Crippen LogP contribution is 2.35. The van der Waals surface area contributed by atoms with E-state index in [0.717, 1.165) is 37.5 Å². The van der Waals surface area contributed by atoms with Crippen LogP contribution in [0.4, 0.5) is 4.79 Å². The maximum Gasteiger partial charge on any atom is 0.408 e. The molecule has 1 fully saturated rings. The van der Waals surface area contributed by atoms with Gasteiger partial charge in [-0.05, 0) is 31.2 Å². The molecule has 1 aliphatic rings. The number of hydrogen-bond acceptors (Lipinski definition) is 6. The Balaban J connectivity index is 1.87. The minimum absolute atomic E-state index is 0.0972. The molecule has 1 aromatic carbocycles. The largest absolute Gasteiger partial charge is 0.465 e. The number of rotatable bonds is 9. The van der Waals surface area contributed by atoms with Crippen molar-refractivity contribution in [3.05, 3.63) is 46.3 Å². The second kappa shape index (κ2) is 10.6. The number of carbonyl (C=O) groups excluding carboxylic acids is 1. The first-order valence-corrected chi connectivity index (χ1v) is 11.2. The number of amides is 1. The van der Waals surface area contributed by atoms with E-state index >= 15 is 0 Å². The average Bonchev–Trinajstić information content (AvgIpc) is 2.76. The molecule has 0 spiro atoms. The molecular formula is C24H32N2O6. The van der Waals surface area contributed by atoms with Gasteiger partial charge < -0.3 is 19.2 Å². The fourth-order valence-electron chi connectivity index (χ4n) is 4.32. The summed E-state index contributed by atoms with van der Waals surface area (Å²) in [5.41, 5.74) is -0.576. The molecule has 1 unspecified atom stereocenters. The Bertz CT molecular complexity index is 1000. The zero-order valence-electron chi connectivity index (χ0n) is 18.8. The number of carboxylic acid groups (broad SMARTS) is 1. The number of carbonyl (C=O) groups is 2. The van der Waals surface area contributed by atoms with Crippen LogP contribution in [0.1, 0.15) is 51.0 Å². The predicted octanol–water partition coefficient (Wildman–Crippen LogP) is 3.82. The van der Waals surface area contributed by atoms with E-state index in [0.29, 0.717) is 30.7 Å². The molecule has 1 amide bonds. The van der Waals surface area contributed by atoms with Gasteiger partial charge in [-0.2, -0.15) is 0 Å². The van der Waals surface area contributed by atoms with Gasteiger partial charge in [0.2, 0.25) is 0 Å². The molecule has 1 atom stereocenters. The molecule has 1 saturated heterocycles. The van der Waals surface area contributed by atoms with Gasteiger partial charge in [0.15, 0.2) is 0 Å². The van der Waals surface area contributed by atoms with Crippen LogP contribution in [-0.4, -0.2) is 60.3 Å². The van der Waals surface area contributed by atoms with Crippen molar-refractivity contribution in [3.8, 4) is 0 Å². The first-order chi connectivity index (χ1) is 15.4. The number of esters is 1. The Hall–Kier alpha value is -2.87. The lowest BCUT2D eigenvalue weighted by atomic mass is 9.86. The molecule has 0 radical (unpaired) electrons. The average molecular weight is 445 g/mol. The fraction of sp³-hybridized carbons (Fsp3) is 0.542. The van der Waals surface area contributed by atoms with Gasteiger partial charge in [0, 0.05) is 37.5 Å². The van der Waals surface area contributed by atoms with Crippen LogP contribution in [0.3, 0.4) is 0 Å². The van der Waals surface area contributed by atoms with E-state index in [-0.39, 0.29) is 19.1 Å². The summed E-state index contributed by atoms with van der Waals surface area (Å²) in [6, 6.07) is 8.30. The van der Waals surface area contributed by atoms with Crippen molar-refractivity contribution >= 4 is 23.0 Å². The second-order valence-electron chi connectivity index (χ2n) is 8.54. The normalized spacial score (nSPS) is 19.2. The summed E-state index contributed by atoms with van der Waals surface area (Å²) < 4.78 is 11.0. The molecule has 174 valence electrons. The summed E-state index contributed by atoms with van der Waals surface area (Å²) in [4.78, 5) is 39.7. The summed E-state index contributed by atoms with van der Waals surface area (Å²) in [6.45, 7) is 3.24. The van der Waals surface area contributed by atoms with Gasteiger partial charge in [-0.15, -0.1) is 0 Å². The van der Waals surface area contributed by atoms with Gasteiger partial charge in [-0.25, -0.2) is 9.59 Å². The summed E-state index contributed by atoms with van der Waals surface area (Å²) in [7, 11) is 1.91. The Kier molecular flexibility index (Phi) is 7.90. The SMILES string of the molecule is CCCCCCCC(=O)OCC1(c2ccc3ccc(=O)oc3c2)CN(C)CCN1C(=O)O. The zero-order valence-corrected chi connectivity index (χ0v) is 18.8. The number of unbranched alkanes of at least 4 members (excludes halogenated alkanes) is 4. The maximum absolute atomic E-state index is 12.4. The number of piperazine rings is 1. The lowest BCUT2D eigenvalue weighted by Crippen LogP contribution is -2.63. The molecule has 0 saturated carbocycles. The first-order valence-electron chi connectivity index (χ1n) is 11.2. The summed E-state index contributed by atoms with van der Waals surface area (Å²) in [6.07, 6.45) is 4.34. The predicted molar refractivity (Wildman–Crippen MR) is 121 cm³/mol. The van der Waals surface area contributed by atoms with Crippen molar-refractivity contribution in [1.29, 1.82) is 0 Å². The number of hydrogen-bond donors (Lipinski definition) is 1. The number of benzene rings is 1. The fourth-order valence-corrected chi connectivity index (χ4v) is 4.32. The monoisotopic (exact) mass is 444 g/mol. The lowest BCUT2D eigenvalue weighted by molar-refractivity contribution is -0.150. The smallest absolute Gasteiger partial charge is 0.408 e. The van der Waals surface area contributed by atoms with Gasteiger partial charge in [0.05, 0.1) is 0 Å². The van der Waals surface area contributed by atoms with E-state index in [9.17, 15) is 19.5 Å². The van der Waals surface area contributed by atoms with E-state index in [1.807, 2.05) is 18.0 Å². The molecule has 1 aliphatic heterocycles. The van der Waals surface area contributed by atoms with Gasteiger partial charge in [-0.3, -0.25) is 9.69 Å². The van der Waals surface area contributed by atoms with Gasteiger partial charge in [0.1, 0.15) is 17.7 Å². The van der Waals surface area contributed by atoms with Crippen molar-refractivity contribution in [3.63, 3.8) is 0 Å². The molecule has 0 aliphatic carbocycles. The van der Waals surface area contributed by atoms with Crippen molar-refractivity contribution in [2.75, 3.05) is 33.3 Å². The first kappa shape index (κ1) is 23.8. The van der Waals surface area contributed by atoms with E-state index in [2.05, 4.69) is 6.92 Å². The van der Waals surface area contributed by atoms with Crippen molar-refractivity contribution in [1.82, 2.24) is 9.80 Å². The topological polar surface area (TPSA) is 100 Å². The van der Waals surface area contributed by atoms with E-state index in [1.54, 1.807) is 18.2 Å². The van der Waals surface area contributed by atoms with E-state index < -0.39 is 17.3 Å². The highest BCUT2D eigenvalue weighted by Gasteiger charge is 2.46. The molecular weight excluding hydrogens is 412 g/mol. The van der Waals surface area contributed by atoms with Crippen LogP contribution >= 0.6 is 0 Å². The number of nitrogens with zero attached hydrogens (tertiary/aromatic N) is 2. The Morgan fingerprint density at radius 1 is 1.12 bits per heavy atom. The number of likely N-dealkylation sites (N-methyl/N-ethyl adjacent to an activating group) is 1. The molecule has 3 rings (SSSR count). The van der Waals surface area contributed by atoms with E-state index in [4.69, 9.17) is 9.15 Å². The Morgan fingerprint density at radius 3 is 2.62 bits per heavy atom. The van der Waals surface area contributed by atoms with Crippen LogP contribution in [0, 0.1) is 0 Å². The van der Waals surface area contributed by atoms with Gasteiger partial charge >= 0.3 is 17.7 Å². The Labute approximate surface area is 187 Å². The lowest BCUT2D eigenvalue weighted by Gasteiger charge is -2.48. The van der Waals surface area contributed by atoms with Crippen LogP contribution in [0.2, 0.25) is 0 Å². The molecule has 32 heavy (non-hydrogen) atoms. The van der Waals surface area contributed by atoms with Crippen LogP contribution < -0.4 is 5.63 Å². The number of fused-ring (bicyclic) bond motifs is 1. The molecule has 2 heterocycles. The van der Waals surface area contributed by atoms with Crippen LogP contribution in [-0.2, 0) is 15.1 Å². The highest BCUT2D eigenvalue weighted by molar-refractivity contribution is 5.78. The van der Waals surface area contributed by atoms with Crippen molar-refractivity contribution in [2.24, 2.45) is 0 Å². The minimum Gasteiger partial charge on any atom is -0.465 e. The maximum atomic E-state index is 12.4. The van der Waals surface area contributed by atoms with Crippen LogP contribution in [0.15, 0.2) is 39.5 Å². The quantitative estimate of drug-likeness (QED) is 0.356. The van der Waals surface area contributed by atoms with Crippen LogP contribution in [0.25, 0.3) is 11.0 Å². The summed E-state index contributed by atoms with van der Waals surface area (Å²) >= 11 is 0. The van der Waals surface area contributed by atoms with Gasteiger partial charge in [0.25, 0.3) is 0 Å². The molecule has 2 aromatic rings. The third kappa shape index (κ3) is 5.48. The van der Waals surface area contributed by atoms with Crippen molar-refractivity contribution < 1.29 is 23.8 Å². The zero-order chi connectivity index (χ0) is 23.1. The second-order valence-corrected chi connectivity index (χ2v) is 8.54. The van der Waals surface area contributed by atoms with Gasteiger partial charge in [-0.1, -0.05) is 44.7 Å². The molecule has 8 heteroatoms. The minimum atomic E-state index is -1.10. The van der Waals surface area contributed by atoms with Crippen LogP contribution in [0.5, 0.6) is 0 Å². The third-order valence-electron chi connectivity index (χ3n) is 6.10. The molecule has 0 bridgehead atoms. The third-order valence-corrected chi connectivity index (χ3v) is 6.10. The van der Waals surface area contributed by atoms with Crippen molar-refractivity contribution in [2.45, 2.75) is 51.0 Å². The van der Waals surface area contributed by atoms with E-state index in [1.165, 1.54) is 11.0 Å². The number of ether oxygens (including phenoxy) is 1. The molecule has 8 nitrogen and oxygen atoms in total. The summed E-state index contributed by atoms with van der Waals surface area (Å²) in [5, 5.41) is 10.7.